The monoisotopic (exact) mass is 361 g/mol. The molecule has 2 aromatic rings. The van der Waals surface area contributed by atoms with Crippen LogP contribution in [0.5, 0.6) is 0 Å². The van der Waals surface area contributed by atoms with Crippen molar-refractivity contribution in [1.82, 2.24) is 4.98 Å². The van der Waals surface area contributed by atoms with Gasteiger partial charge in [-0.2, -0.15) is 0 Å². The number of nitrogens with zero attached hydrogens (tertiary/aromatic N) is 1. The van der Waals surface area contributed by atoms with Crippen LogP contribution in [0.1, 0.15) is 0 Å². The summed E-state index contributed by atoms with van der Waals surface area (Å²) in [6.45, 7) is 0. The van der Waals surface area contributed by atoms with Gasteiger partial charge in [-0.15, -0.1) is 0 Å². The van der Waals surface area contributed by atoms with Crippen LogP contribution in [0.3, 0.4) is 0 Å². The van der Waals surface area contributed by atoms with Crippen molar-refractivity contribution in [3.05, 3.63) is 46.2 Å². The number of pyridine rings is 1. The van der Waals surface area contributed by atoms with Gasteiger partial charge in [0.15, 0.2) is 5.15 Å². The van der Waals surface area contributed by atoms with Crippen molar-refractivity contribution in [3.8, 4) is 0 Å². The van der Waals surface area contributed by atoms with Crippen LogP contribution in [0.4, 0.5) is 11.4 Å². The molecule has 0 spiro atoms. The molecule has 0 fully saturated rings. The lowest BCUT2D eigenvalue weighted by Crippen LogP contribution is -2.14. The van der Waals surface area contributed by atoms with E-state index < -0.39 is 10.0 Å². The number of sulfonamides is 1. The highest BCUT2D eigenvalue weighted by molar-refractivity contribution is 9.10. The van der Waals surface area contributed by atoms with E-state index in [9.17, 15) is 8.42 Å². The molecule has 1 heterocycles. The van der Waals surface area contributed by atoms with Crippen LogP contribution in [0.25, 0.3) is 0 Å². The van der Waals surface area contributed by atoms with E-state index in [-0.39, 0.29) is 15.7 Å². The molecule has 1 aromatic heterocycles. The Morgan fingerprint density at radius 2 is 2.05 bits per heavy atom. The van der Waals surface area contributed by atoms with Crippen molar-refractivity contribution < 1.29 is 8.42 Å². The van der Waals surface area contributed by atoms with E-state index in [2.05, 4.69) is 25.6 Å². The van der Waals surface area contributed by atoms with Gasteiger partial charge in [-0.1, -0.05) is 11.6 Å². The molecule has 0 unspecified atom stereocenters. The Hall–Kier alpha value is -1.31. The summed E-state index contributed by atoms with van der Waals surface area (Å²) in [6, 6.07) is 7.54. The van der Waals surface area contributed by atoms with Crippen LogP contribution in [0, 0.1) is 0 Å². The summed E-state index contributed by atoms with van der Waals surface area (Å²) in [4.78, 5) is 3.87. The average Bonchev–Trinajstić information content (AvgIpc) is 2.31. The van der Waals surface area contributed by atoms with Crippen molar-refractivity contribution in [2.45, 2.75) is 4.90 Å². The second-order valence-corrected chi connectivity index (χ2v) is 6.50. The fourth-order valence-electron chi connectivity index (χ4n) is 1.40. The maximum atomic E-state index is 12.2. The Morgan fingerprint density at radius 1 is 1.32 bits per heavy atom. The van der Waals surface area contributed by atoms with Gasteiger partial charge in [0.1, 0.15) is 4.90 Å². The highest BCUT2D eigenvalue weighted by atomic mass is 79.9. The summed E-state index contributed by atoms with van der Waals surface area (Å²) in [5.74, 6) is 0. The third-order valence-electron chi connectivity index (χ3n) is 2.25. The van der Waals surface area contributed by atoms with Gasteiger partial charge in [-0.3, -0.25) is 4.72 Å². The number of aromatic nitrogens is 1. The number of nitrogens with two attached hydrogens (primary N) is 1. The van der Waals surface area contributed by atoms with Crippen LogP contribution in [-0.2, 0) is 10.0 Å². The predicted molar refractivity (Wildman–Crippen MR) is 78.6 cm³/mol. The molecule has 0 aliphatic rings. The zero-order valence-corrected chi connectivity index (χ0v) is 12.6. The van der Waals surface area contributed by atoms with E-state index in [1.54, 1.807) is 6.07 Å². The summed E-state index contributed by atoms with van der Waals surface area (Å²) < 4.78 is 27.2. The smallest absolute Gasteiger partial charge is 0.263 e. The van der Waals surface area contributed by atoms with Gasteiger partial charge in [0.2, 0.25) is 0 Å². The minimum atomic E-state index is -3.76. The minimum absolute atomic E-state index is 0.0709. The van der Waals surface area contributed by atoms with Crippen LogP contribution in [-0.4, -0.2) is 13.4 Å². The van der Waals surface area contributed by atoms with Gasteiger partial charge < -0.3 is 5.73 Å². The van der Waals surface area contributed by atoms with Crippen LogP contribution in [0.2, 0.25) is 5.15 Å². The maximum Gasteiger partial charge on any atom is 0.263 e. The Morgan fingerprint density at radius 3 is 2.68 bits per heavy atom. The Balaban J connectivity index is 2.41. The van der Waals surface area contributed by atoms with E-state index in [1.807, 2.05) is 0 Å². The lowest BCUT2D eigenvalue weighted by atomic mass is 10.3. The maximum absolute atomic E-state index is 12.2. The zero-order valence-electron chi connectivity index (χ0n) is 9.47. The molecule has 3 N–H and O–H groups in total. The van der Waals surface area contributed by atoms with Crippen molar-refractivity contribution in [3.63, 3.8) is 0 Å². The first-order valence-corrected chi connectivity index (χ1v) is 7.74. The lowest BCUT2D eigenvalue weighted by Gasteiger charge is -2.10. The molecular weight excluding hydrogens is 354 g/mol. The Labute approximate surface area is 124 Å². The number of anilines is 2. The molecule has 8 heteroatoms. The fraction of sp³-hybridized carbons (Fsp3) is 0. The van der Waals surface area contributed by atoms with E-state index in [0.717, 1.165) is 0 Å². The van der Waals surface area contributed by atoms with Crippen molar-refractivity contribution in [2.24, 2.45) is 0 Å². The predicted octanol–water partition coefficient (Wildman–Crippen LogP) is 2.88. The van der Waals surface area contributed by atoms with Gasteiger partial charge in [0, 0.05) is 16.4 Å². The van der Waals surface area contributed by atoms with Crippen molar-refractivity contribution >= 4 is 48.9 Å². The molecule has 2 rings (SSSR count). The Bertz CT molecular complexity index is 722. The summed E-state index contributed by atoms with van der Waals surface area (Å²) in [5, 5.41) is 0.0812. The van der Waals surface area contributed by atoms with Crippen molar-refractivity contribution in [1.29, 1.82) is 0 Å². The number of halogens is 2. The molecule has 1 aromatic carbocycles. The molecule has 100 valence electrons. The van der Waals surface area contributed by atoms with Gasteiger partial charge in [0.05, 0.1) is 5.69 Å². The summed E-state index contributed by atoms with van der Waals surface area (Å²) >= 11 is 8.98. The van der Waals surface area contributed by atoms with Crippen LogP contribution < -0.4 is 10.5 Å². The third kappa shape index (κ3) is 3.17. The highest BCUT2D eigenvalue weighted by Gasteiger charge is 2.19. The van der Waals surface area contributed by atoms with Crippen molar-refractivity contribution in [2.75, 3.05) is 10.5 Å². The first kappa shape index (κ1) is 14.1. The SMILES string of the molecule is Nc1ccc(S(=O)(=O)Nc2cccnc2Cl)c(Br)c1. The van der Waals surface area contributed by atoms with E-state index in [4.69, 9.17) is 17.3 Å². The first-order valence-electron chi connectivity index (χ1n) is 5.08. The number of hydrogen-bond acceptors (Lipinski definition) is 4. The van der Waals surface area contributed by atoms with Crippen LogP contribution in [0.15, 0.2) is 45.9 Å². The minimum Gasteiger partial charge on any atom is -0.399 e. The quantitative estimate of drug-likeness (QED) is 0.649. The number of nitrogens with one attached hydrogen (secondary N) is 1. The molecule has 19 heavy (non-hydrogen) atoms. The van der Waals surface area contributed by atoms with Gasteiger partial charge >= 0.3 is 0 Å². The van der Waals surface area contributed by atoms with E-state index in [1.165, 1.54) is 30.5 Å². The molecule has 0 saturated carbocycles. The van der Waals surface area contributed by atoms with Gasteiger partial charge in [0.25, 0.3) is 10.0 Å². The molecule has 0 atom stereocenters. The second-order valence-electron chi connectivity index (χ2n) is 3.64. The third-order valence-corrected chi connectivity index (χ3v) is 4.89. The molecule has 5 nitrogen and oxygen atoms in total. The first-order chi connectivity index (χ1) is 8.90. The molecule has 0 radical (unpaired) electrons. The number of rotatable bonds is 3. The summed E-state index contributed by atoms with van der Waals surface area (Å²) in [7, 11) is -3.76. The van der Waals surface area contributed by atoms with Gasteiger partial charge in [-0.25, -0.2) is 13.4 Å². The standard InChI is InChI=1S/C11H9BrClN3O2S/c12-8-6-7(14)3-4-10(8)19(17,18)16-9-2-1-5-15-11(9)13/h1-6,16H,14H2. The molecule has 0 aliphatic heterocycles. The molecular formula is C11H9BrClN3O2S. The molecule has 0 bridgehead atoms. The van der Waals surface area contributed by atoms with E-state index >= 15 is 0 Å². The second kappa shape index (κ2) is 5.36. The Kier molecular flexibility index (Phi) is 3.98. The lowest BCUT2D eigenvalue weighted by molar-refractivity contribution is 0.601. The number of benzene rings is 1. The molecule has 0 saturated heterocycles. The van der Waals surface area contributed by atoms with Crippen LogP contribution >= 0.6 is 27.5 Å². The summed E-state index contributed by atoms with van der Waals surface area (Å²) in [6.07, 6.45) is 1.47. The summed E-state index contributed by atoms with van der Waals surface area (Å²) in [5.41, 5.74) is 6.25. The number of hydrogen-bond donors (Lipinski definition) is 2. The highest BCUT2D eigenvalue weighted by Crippen LogP contribution is 2.27. The largest absolute Gasteiger partial charge is 0.399 e. The zero-order chi connectivity index (χ0) is 14.0. The molecule has 0 amide bonds. The normalized spacial score (nSPS) is 11.3. The average molecular weight is 363 g/mol. The fourth-order valence-corrected chi connectivity index (χ4v) is 3.78. The molecule has 0 aliphatic carbocycles. The number of nitrogen functional groups attached to an aromatic ring is 1. The topological polar surface area (TPSA) is 85.1 Å². The van der Waals surface area contributed by atoms with Gasteiger partial charge in [-0.05, 0) is 46.3 Å². The van der Waals surface area contributed by atoms with E-state index in [0.29, 0.717) is 10.2 Å².